The molecule has 0 saturated heterocycles. The van der Waals surface area contributed by atoms with E-state index >= 15 is 0 Å². The first kappa shape index (κ1) is 17.7. The fraction of sp³-hybridized carbons (Fsp3) is 0.529. The summed E-state index contributed by atoms with van der Waals surface area (Å²) in [5.41, 5.74) is 0.416. The van der Waals surface area contributed by atoms with E-state index in [1.54, 1.807) is 18.3 Å². The molecule has 21 heavy (non-hydrogen) atoms. The lowest BCUT2D eigenvalue weighted by Crippen LogP contribution is -2.31. The first-order valence-corrected chi connectivity index (χ1v) is 7.57. The second-order valence-electron chi connectivity index (χ2n) is 6.51. The Morgan fingerprint density at radius 3 is 2.33 bits per heavy atom. The van der Waals surface area contributed by atoms with Gasteiger partial charge in [0.1, 0.15) is 11.6 Å². The summed E-state index contributed by atoms with van der Waals surface area (Å²) in [7, 11) is 0. The van der Waals surface area contributed by atoms with Crippen molar-refractivity contribution in [2.75, 3.05) is 0 Å². The van der Waals surface area contributed by atoms with Gasteiger partial charge >= 0.3 is 5.97 Å². The van der Waals surface area contributed by atoms with Crippen molar-refractivity contribution in [2.24, 2.45) is 10.9 Å². The molecule has 0 heterocycles. The van der Waals surface area contributed by atoms with Gasteiger partial charge in [0.2, 0.25) is 0 Å². The van der Waals surface area contributed by atoms with E-state index in [4.69, 9.17) is 16.3 Å². The molecule has 3 nitrogen and oxygen atoms in total. The van der Waals surface area contributed by atoms with Crippen molar-refractivity contribution in [1.82, 2.24) is 0 Å². The molecule has 1 atom stereocenters. The Bertz CT molecular complexity index is 487. The van der Waals surface area contributed by atoms with E-state index < -0.39 is 11.6 Å². The topological polar surface area (TPSA) is 38.7 Å². The summed E-state index contributed by atoms with van der Waals surface area (Å²) >= 11 is 5.85. The number of ether oxygens (including phenoxy) is 1. The van der Waals surface area contributed by atoms with Gasteiger partial charge in [0.15, 0.2) is 0 Å². The molecule has 0 amide bonds. The molecule has 1 aromatic rings. The second-order valence-corrected chi connectivity index (χ2v) is 6.94. The molecule has 0 aliphatic carbocycles. The van der Waals surface area contributed by atoms with Gasteiger partial charge in [0, 0.05) is 11.2 Å². The molecule has 1 rings (SSSR count). The van der Waals surface area contributed by atoms with Gasteiger partial charge in [-0.05, 0) is 50.8 Å². The number of carbonyl (C=O) groups is 1. The zero-order valence-electron chi connectivity index (χ0n) is 13.4. The van der Waals surface area contributed by atoms with Crippen molar-refractivity contribution < 1.29 is 9.53 Å². The Kier molecular flexibility index (Phi) is 6.41. The Hall–Kier alpha value is -1.35. The van der Waals surface area contributed by atoms with Gasteiger partial charge in [0.25, 0.3) is 0 Å². The molecule has 0 spiro atoms. The van der Waals surface area contributed by atoms with Crippen molar-refractivity contribution in [1.29, 1.82) is 0 Å². The number of rotatable bonds is 5. The number of halogens is 1. The summed E-state index contributed by atoms with van der Waals surface area (Å²) in [6, 6.07) is 6.86. The number of hydrogen-bond donors (Lipinski definition) is 0. The molecule has 0 fully saturated rings. The second kappa shape index (κ2) is 7.60. The number of benzene rings is 1. The monoisotopic (exact) mass is 309 g/mol. The van der Waals surface area contributed by atoms with Gasteiger partial charge in [-0.2, -0.15) is 0 Å². The van der Waals surface area contributed by atoms with Crippen LogP contribution >= 0.6 is 11.6 Å². The van der Waals surface area contributed by atoms with Crippen LogP contribution in [0.5, 0.6) is 0 Å². The van der Waals surface area contributed by atoms with Crippen molar-refractivity contribution >= 4 is 23.8 Å². The molecule has 0 aliphatic rings. The number of esters is 1. The summed E-state index contributed by atoms with van der Waals surface area (Å²) in [4.78, 5) is 16.6. The molecule has 0 aromatic heterocycles. The van der Waals surface area contributed by atoms with Gasteiger partial charge in [-0.15, -0.1) is 0 Å². The minimum Gasteiger partial charge on any atom is -0.458 e. The van der Waals surface area contributed by atoms with E-state index in [0.717, 1.165) is 5.56 Å². The average molecular weight is 310 g/mol. The molecule has 0 radical (unpaired) electrons. The quantitative estimate of drug-likeness (QED) is 0.592. The largest absolute Gasteiger partial charge is 0.458 e. The Morgan fingerprint density at radius 2 is 1.86 bits per heavy atom. The van der Waals surface area contributed by atoms with E-state index in [9.17, 15) is 4.79 Å². The molecule has 0 bridgehead atoms. The van der Waals surface area contributed by atoms with E-state index in [1.807, 2.05) is 32.9 Å². The van der Waals surface area contributed by atoms with Gasteiger partial charge in [-0.25, -0.2) is 4.79 Å². The third-order valence-corrected chi connectivity index (χ3v) is 2.90. The number of aliphatic imine (C=N–C) groups is 1. The summed E-state index contributed by atoms with van der Waals surface area (Å²) in [5.74, 6) is 0.0892. The van der Waals surface area contributed by atoms with Gasteiger partial charge in [-0.3, -0.25) is 4.99 Å². The maximum Gasteiger partial charge on any atom is 0.331 e. The number of hydrogen-bond acceptors (Lipinski definition) is 3. The van der Waals surface area contributed by atoms with Crippen LogP contribution in [0.25, 0.3) is 0 Å². The predicted molar refractivity (Wildman–Crippen MR) is 88.1 cm³/mol. The SMILES string of the molecule is CC(C)CC(N=Cc1ccc(Cl)cc1)C(=O)OC(C)(C)C. The summed E-state index contributed by atoms with van der Waals surface area (Å²) < 4.78 is 5.43. The van der Waals surface area contributed by atoms with Gasteiger partial charge in [0.05, 0.1) is 0 Å². The minimum atomic E-state index is -0.498. The molecule has 0 N–H and O–H groups in total. The maximum absolute atomic E-state index is 12.2. The lowest BCUT2D eigenvalue weighted by Gasteiger charge is -2.23. The predicted octanol–water partition coefficient (Wildman–Crippen LogP) is 4.52. The fourth-order valence-electron chi connectivity index (χ4n) is 1.76. The molecular weight excluding hydrogens is 286 g/mol. The van der Waals surface area contributed by atoms with Gasteiger partial charge < -0.3 is 4.74 Å². The molecule has 116 valence electrons. The van der Waals surface area contributed by atoms with Crippen molar-refractivity contribution in [3.05, 3.63) is 34.9 Å². The van der Waals surface area contributed by atoms with E-state index in [2.05, 4.69) is 18.8 Å². The van der Waals surface area contributed by atoms with Crippen molar-refractivity contribution in [3.8, 4) is 0 Å². The highest BCUT2D eigenvalue weighted by atomic mass is 35.5. The average Bonchev–Trinajstić information content (AvgIpc) is 2.33. The summed E-state index contributed by atoms with van der Waals surface area (Å²) in [6.45, 7) is 9.71. The van der Waals surface area contributed by atoms with Crippen LogP contribution in [0.2, 0.25) is 5.02 Å². The van der Waals surface area contributed by atoms with Crippen LogP contribution in [-0.4, -0.2) is 23.8 Å². The third kappa shape index (κ3) is 7.28. The molecule has 0 aliphatic heterocycles. The van der Waals surface area contributed by atoms with Crippen LogP contribution in [0.3, 0.4) is 0 Å². The van der Waals surface area contributed by atoms with E-state index in [1.165, 1.54) is 0 Å². The Balaban J connectivity index is 2.82. The fourth-order valence-corrected chi connectivity index (χ4v) is 1.89. The smallest absolute Gasteiger partial charge is 0.331 e. The van der Waals surface area contributed by atoms with Crippen molar-refractivity contribution in [3.63, 3.8) is 0 Å². The highest BCUT2D eigenvalue weighted by Crippen LogP contribution is 2.15. The number of nitrogens with zero attached hydrogens (tertiary/aromatic N) is 1. The lowest BCUT2D eigenvalue weighted by molar-refractivity contribution is -0.156. The molecule has 1 aromatic carbocycles. The highest BCUT2D eigenvalue weighted by molar-refractivity contribution is 6.30. The first-order chi connectivity index (χ1) is 9.67. The maximum atomic E-state index is 12.2. The van der Waals surface area contributed by atoms with Crippen LogP contribution in [-0.2, 0) is 9.53 Å². The van der Waals surface area contributed by atoms with Crippen LogP contribution in [0, 0.1) is 5.92 Å². The van der Waals surface area contributed by atoms with E-state index in [-0.39, 0.29) is 5.97 Å². The van der Waals surface area contributed by atoms with Crippen LogP contribution in [0.4, 0.5) is 0 Å². The lowest BCUT2D eigenvalue weighted by atomic mass is 10.0. The molecule has 4 heteroatoms. The third-order valence-electron chi connectivity index (χ3n) is 2.65. The van der Waals surface area contributed by atoms with Crippen molar-refractivity contribution in [2.45, 2.75) is 52.7 Å². The van der Waals surface area contributed by atoms with Gasteiger partial charge in [-0.1, -0.05) is 37.6 Å². The highest BCUT2D eigenvalue weighted by Gasteiger charge is 2.24. The standard InChI is InChI=1S/C17H24ClNO2/c1-12(2)10-15(16(20)21-17(3,4)5)19-11-13-6-8-14(18)9-7-13/h6-9,11-12,15H,10H2,1-5H3. The first-order valence-electron chi connectivity index (χ1n) is 7.19. The van der Waals surface area contributed by atoms with E-state index in [0.29, 0.717) is 17.4 Å². The van der Waals surface area contributed by atoms with Crippen LogP contribution in [0.1, 0.15) is 46.6 Å². The minimum absolute atomic E-state index is 0.276. The zero-order valence-corrected chi connectivity index (χ0v) is 14.1. The Labute approximate surface area is 132 Å². The zero-order chi connectivity index (χ0) is 16.0. The normalized spacial score (nSPS) is 13.7. The molecule has 1 unspecified atom stereocenters. The molecular formula is C17H24ClNO2. The van der Waals surface area contributed by atoms with Crippen LogP contribution in [0.15, 0.2) is 29.3 Å². The van der Waals surface area contributed by atoms with Crippen LogP contribution < -0.4 is 0 Å². The number of carbonyl (C=O) groups excluding carboxylic acids is 1. The summed E-state index contributed by atoms with van der Waals surface area (Å²) in [6.07, 6.45) is 2.37. The summed E-state index contributed by atoms with van der Waals surface area (Å²) in [5, 5.41) is 0.679. The molecule has 0 saturated carbocycles. The Morgan fingerprint density at radius 1 is 1.29 bits per heavy atom.